The summed E-state index contributed by atoms with van der Waals surface area (Å²) in [6.45, 7) is 10.6. The van der Waals surface area contributed by atoms with Gasteiger partial charge in [0.25, 0.3) is 0 Å². The number of rotatable bonds is 1. The van der Waals surface area contributed by atoms with Crippen molar-refractivity contribution in [3.8, 4) is 0 Å². The van der Waals surface area contributed by atoms with Crippen molar-refractivity contribution in [2.75, 3.05) is 27.2 Å². The number of fused-ring (bicyclic) bond motifs is 1. The summed E-state index contributed by atoms with van der Waals surface area (Å²) in [6.07, 6.45) is 9.49. The monoisotopic (exact) mass is 309 g/mol. The van der Waals surface area contributed by atoms with Gasteiger partial charge in [-0.15, -0.1) is 11.3 Å². The molecule has 0 N–H and O–H groups in total. The Balaban J connectivity index is 0.000000510. The van der Waals surface area contributed by atoms with E-state index in [4.69, 9.17) is 4.98 Å². The van der Waals surface area contributed by atoms with Gasteiger partial charge in [-0.05, 0) is 18.9 Å². The maximum absolute atomic E-state index is 4.85. The molecule has 0 aromatic carbocycles. The Bertz CT molecular complexity index is 436. The first-order valence-corrected chi connectivity index (χ1v) is 9.44. The third-order valence-corrected chi connectivity index (χ3v) is 5.37. The first-order valence-electron chi connectivity index (χ1n) is 8.62. The van der Waals surface area contributed by atoms with Crippen molar-refractivity contribution < 1.29 is 4.48 Å². The Labute approximate surface area is 135 Å². The molecule has 1 aliphatic carbocycles. The molecule has 21 heavy (non-hydrogen) atoms. The molecule has 0 radical (unpaired) electrons. The van der Waals surface area contributed by atoms with Crippen LogP contribution >= 0.6 is 11.3 Å². The zero-order valence-electron chi connectivity index (χ0n) is 14.8. The van der Waals surface area contributed by atoms with Gasteiger partial charge in [0, 0.05) is 23.6 Å². The number of nitrogens with zero attached hydrogens (tertiary/aromatic N) is 2. The lowest BCUT2D eigenvalue weighted by atomic mass is 9.96. The summed E-state index contributed by atoms with van der Waals surface area (Å²) in [6, 6.07) is 0. The van der Waals surface area contributed by atoms with Crippen LogP contribution in [0.15, 0.2) is 6.08 Å². The normalized spacial score (nSPS) is 19.7. The van der Waals surface area contributed by atoms with E-state index in [9.17, 15) is 0 Å². The molecule has 0 bridgehead atoms. The van der Waals surface area contributed by atoms with Crippen LogP contribution in [0, 0.1) is 0 Å². The number of allylic oxidation sites excluding steroid dienone is 1. The number of thiazole rings is 1. The lowest BCUT2D eigenvalue weighted by molar-refractivity contribution is -0.895. The van der Waals surface area contributed by atoms with E-state index >= 15 is 0 Å². The fourth-order valence-corrected chi connectivity index (χ4v) is 4.03. The minimum absolute atomic E-state index is 0.727. The van der Waals surface area contributed by atoms with Gasteiger partial charge in [0.2, 0.25) is 0 Å². The molecule has 1 aliphatic heterocycles. The zero-order chi connectivity index (χ0) is 15.9. The van der Waals surface area contributed by atoms with Crippen molar-refractivity contribution in [2.24, 2.45) is 0 Å². The Hall–Kier alpha value is -0.670. The standard InChI is InChI=1S/C14H21N2S.2C2H6/c1-16(2)9-7-11(8-10-16)14-15-12-5-3-4-6-13(12)17-14;2*1-2/h3,5,11H,4,6-10H2,1-2H3;2*1-2H3/q+1;;. The lowest BCUT2D eigenvalue weighted by Gasteiger charge is -2.36. The van der Waals surface area contributed by atoms with Gasteiger partial charge in [-0.2, -0.15) is 0 Å². The maximum atomic E-state index is 4.85. The van der Waals surface area contributed by atoms with Crippen molar-refractivity contribution in [1.29, 1.82) is 0 Å². The van der Waals surface area contributed by atoms with Gasteiger partial charge in [-0.3, -0.25) is 0 Å². The van der Waals surface area contributed by atoms with Crippen molar-refractivity contribution in [3.63, 3.8) is 0 Å². The highest BCUT2D eigenvalue weighted by molar-refractivity contribution is 7.11. The van der Waals surface area contributed by atoms with Crippen molar-refractivity contribution >= 4 is 17.4 Å². The second-order valence-corrected chi connectivity index (χ2v) is 7.07. The van der Waals surface area contributed by atoms with Crippen LogP contribution in [0.2, 0.25) is 0 Å². The molecule has 120 valence electrons. The summed E-state index contributed by atoms with van der Waals surface area (Å²) in [5.41, 5.74) is 1.26. The molecule has 1 aromatic rings. The van der Waals surface area contributed by atoms with E-state index in [-0.39, 0.29) is 0 Å². The summed E-state index contributed by atoms with van der Waals surface area (Å²) in [5.74, 6) is 0.727. The van der Waals surface area contributed by atoms with Gasteiger partial charge in [-0.25, -0.2) is 4.98 Å². The second kappa shape index (κ2) is 8.70. The Morgan fingerprint density at radius 1 is 1.10 bits per heavy atom. The van der Waals surface area contributed by atoms with E-state index in [1.165, 1.54) is 58.8 Å². The Morgan fingerprint density at radius 2 is 1.71 bits per heavy atom. The topological polar surface area (TPSA) is 12.9 Å². The molecule has 3 rings (SSSR count). The van der Waals surface area contributed by atoms with Gasteiger partial charge in [0.15, 0.2) is 0 Å². The number of hydrogen-bond acceptors (Lipinski definition) is 2. The van der Waals surface area contributed by atoms with Crippen LogP contribution < -0.4 is 0 Å². The summed E-state index contributed by atoms with van der Waals surface area (Å²) in [7, 11) is 4.68. The highest BCUT2D eigenvalue weighted by atomic mass is 32.1. The van der Waals surface area contributed by atoms with Crippen molar-refractivity contribution in [1.82, 2.24) is 4.98 Å². The lowest BCUT2D eigenvalue weighted by Crippen LogP contribution is -2.45. The van der Waals surface area contributed by atoms with Crippen LogP contribution in [0.5, 0.6) is 0 Å². The smallest absolute Gasteiger partial charge is 0.0970 e. The highest BCUT2D eigenvalue weighted by Crippen LogP contribution is 2.35. The molecule has 1 saturated heterocycles. The third-order valence-electron chi connectivity index (χ3n) is 4.07. The number of quaternary nitrogens is 1. The predicted octanol–water partition coefficient (Wildman–Crippen LogP) is 5.11. The first kappa shape index (κ1) is 18.4. The van der Waals surface area contributed by atoms with Crippen LogP contribution in [-0.2, 0) is 6.42 Å². The number of aryl methyl sites for hydroxylation is 1. The van der Waals surface area contributed by atoms with E-state index in [0.717, 1.165) is 5.92 Å². The SMILES string of the molecule is CC.CC.C[N+]1(C)CCC(c2nc3c(s2)CCC=C3)CC1. The molecular weight excluding hydrogens is 276 g/mol. The zero-order valence-corrected chi connectivity index (χ0v) is 15.6. The molecule has 0 spiro atoms. The van der Waals surface area contributed by atoms with E-state index in [1.54, 1.807) is 0 Å². The fourth-order valence-electron chi connectivity index (χ4n) is 2.79. The van der Waals surface area contributed by atoms with Gasteiger partial charge in [-0.1, -0.05) is 33.8 Å². The average Bonchev–Trinajstić information content (AvgIpc) is 2.95. The second-order valence-electron chi connectivity index (χ2n) is 5.96. The van der Waals surface area contributed by atoms with Crippen LogP contribution in [-0.4, -0.2) is 36.7 Å². The van der Waals surface area contributed by atoms with Gasteiger partial charge < -0.3 is 4.48 Å². The first-order chi connectivity index (χ1) is 10.1. The number of piperidine rings is 1. The molecule has 2 heterocycles. The van der Waals surface area contributed by atoms with E-state index in [0.29, 0.717) is 0 Å². The van der Waals surface area contributed by atoms with E-state index in [1.807, 2.05) is 39.0 Å². The number of likely N-dealkylation sites (tertiary alicyclic amines) is 1. The summed E-state index contributed by atoms with van der Waals surface area (Å²) in [5, 5.41) is 1.40. The van der Waals surface area contributed by atoms with E-state index in [2.05, 4.69) is 26.2 Å². The highest BCUT2D eigenvalue weighted by Gasteiger charge is 2.29. The minimum atomic E-state index is 0.727. The maximum Gasteiger partial charge on any atom is 0.0970 e. The largest absolute Gasteiger partial charge is 0.328 e. The Morgan fingerprint density at radius 3 is 2.29 bits per heavy atom. The molecule has 0 saturated carbocycles. The summed E-state index contributed by atoms with van der Waals surface area (Å²) >= 11 is 1.97. The van der Waals surface area contributed by atoms with Crippen LogP contribution in [0.25, 0.3) is 6.08 Å². The fraction of sp³-hybridized carbons (Fsp3) is 0.722. The number of hydrogen-bond donors (Lipinski definition) is 0. The molecule has 2 aliphatic rings. The van der Waals surface area contributed by atoms with E-state index < -0.39 is 0 Å². The predicted molar refractivity (Wildman–Crippen MR) is 96.0 cm³/mol. The molecule has 0 unspecified atom stereocenters. The van der Waals surface area contributed by atoms with Gasteiger partial charge in [0.05, 0.1) is 37.9 Å². The molecule has 0 atom stereocenters. The van der Waals surface area contributed by atoms with Crippen molar-refractivity contribution in [3.05, 3.63) is 21.7 Å². The Kier molecular flexibility index (Phi) is 7.61. The molecule has 3 heteroatoms. The summed E-state index contributed by atoms with van der Waals surface area (Å²) < 4.78 is 1.18. The molecule has 0 amide bonds. The third kappa shape index (κ3) is 4.93. The quantitative estimate of drug-likeness (QED) is 0.657. The average molecular weight is 310 g/mol. The molecule has 1 aromatic heterocycles. The minimum Gasteiger partial charge on any atom is -0.328 e. The molecule has 2 nitrogen and oxygen atoms in total. The van der Waals surface area contributed by atoms with Crippen LogP contribution in [0.4, 0.5) is 0 Å². The van der Waals surface area contributed by atoms with Gasteiger partial charge in [0.1, 0.15) is 0 Å². The number of aromatic nitrogens is 1. The summed E-state index contributed by atoms with van der Waals surface area (Å²) in [4.78, 5) is 6.36. The van der Waals surface area contributed by atoms with Crippen LogP contribution in [0.1, 0.15) is 68.5 Å². The molecule has 1 fully saturated rings. The molecular formula is C18H33N2S+. The van der Waals surface area contributed by atoms with Crippen molar-refractivity contribution in [2.45, 2.75) is 59.3 Å². The van der Waals surface area contributed by atoms with Crippen LogP contribution in [0.3, 0.4) is 0 Å². The van der Waals surface area contributed by atoms with Gasteiger partial charge >= 0.3 is 0 Å².